The van der Waals surface area contributed by atoms with Crippen molar-refractivity contribution in [3.05, 3.63) is 62.2 Å². The van der Waals surface area contributed by atoms with Crippen molar-refractivity contribution >= 4 is 33.7 Å². The van der Waals surface area contributed by atoms with Crippen LogP contribution in [0.15, 0.2) is 33.9 Å². The van der Waals surface area contributed by atoms with Crippen LogP contribution in [0.4, 0.5) is 5.82 Å². The number of nitrogens with two attached hydrogens (primary N) is 1. The van der Waals surface area contributed by atoms with Crippen LogP contribution in [-0.2, 0) is 20.1 Å². The number of hydrogen-bond acceptors (Lipinski definition) is 7. The predicted octanol–water partition coefficient (Wildman–Crippen LogP) is 1.45. The fourth-order valence-electron chi connectivity index (χ4n) is 5.53. The maximum absolute atomic E-state index is 14.0. The zero-order valence-corrected chi connectivity index (χ0v) is 22.6. The summed E-state index contributed by atoms with van der Waals surface area (Å²) in [4.78, 5) is 54.0. The summed E-state index contributed by atoms with van der Waals surface area (Å²) in [6.45, 7) is 5.46. The summed E-state index contributed by atoms with van der Waals surface area (Å²) in [6.07, 6.45) is 1.78. The van der Waals surface area contributed by atoms with Gasteiger partial charge in [0, 0.05) is 57.9 Å². The first-order valence-corrected chi connectivity index (χ1v) is 12.9. The second kappa shape index (κ2) is 9.71. The highest BCUT2D eigenvalue weighted by Crippen LogP contribution is 2.33. The van der Waals surface area contributed by atoms with Crippen LogP contribution in [0.2, 0.25) is 0 Å². The Morgan fingerprint density at radius 3 is 2.55 bits per heavy atom. The Kier molecular flexibility index (Phi) is 6.56. The van der Waals surface area contributed by atoms with Crippen LogP contribution in [0.5, 0.6) is 0 Å². The van der Waals surface area contributed by atoms with Gasteiger partial charge in [-0.3, -0.25) is 18.7 Å². The van der Waals surface area contributed by atoms with Gasteiger partial charge in [0.25, 0.3) is 11.5 Å². The number of rotatable bonds is 5. The van der Waals surface area contributed by atoms with Crippen LogP contribution < -0.4 is 21.9 Å². The van der Waals surface area contributed by atoms with E-state index in [-0.39, 0.29) is 18.5 Å². The van der Waals surface area contributed by atoms with Crippen molar-refractivity contribution in [2.75, 3.05) is 32.1 Å². The highest BCUT2D eigenvalue weighted by molar-refractivity contribution is 6.10. The van der Waals surface area contributed by atoms with E-state index >= 15 is 0 Å². The summed E-state index contributed by atoms with van der Waals surface area (Å²) in [5.74, 6) is 0.747. The Bertz CT molecular complexity index is 1680. The molecule has 1 amide bonds. The summed E-state index contributed by atoms with van der Waals surface area (Å²) in [5.41, 5.74) is 7.82. The second-order valence-electron chi connectivity index (χ2n) is 10.2. The van der Waals surface area contributed by atoms with E-state index in [1.54, 1.807) is 21.1 Å². The number of piperidine rings is 1. The number of para-hydroxylation sites is 1. The molecule has 1 fully saturated rings. The molecular formula is C27H34N8O3. The molecule has 1 aromatic carbocycles. The second-order valence-corrected chi connectivity index (χ2v) is 10.2. The number of benzene rings is 1. The van der Waals surface area contributed by atoms with Crippen LogP contribution in [0.1, 0.15) is 41.6 Å². The van der Waals surface area contributed by atoms with Gasteiger partial charge in [-0.15, -0.1) is 0 Å². The third-order valence-electron chi connectivity index (χ3n) is 7.34. The molecule has 11 heteroatoms. The largest absolute Gasteiger partial charge is 0.356 e. The summed E-state index contributed by atoms with van der Waals surface area (Å²) in [7, 11) is 4.94. The highest BCUT2D eigenvalue weighted by Gasteiger charge is 2.33. The zero-order valence-electron chi connectivity index (χ0n) is 22.6. The van der Waals surface area contributed by atoms with E-state index in [0.717, 1.165) is 34.0 Å². The Balaban J connectivity index is 1.78. The molecule has 1 aliphatic heterocycles. The van der Waals surface area contributed by atoms with E-state index in [2.05, 4.69) is 14.9 Å². The lowest BCUT2D eigenvalue weighted by Crippen LogP contribution is -2.44. The monoisotopic (exact) mass is 518 g/mol. The SMILES string of the molecule is CCn1c(N2CCC[C@@H](N)C2)c(C(=O)N(C)C)c2c1c(=O)n(Cc1nc(C)c3ccccc3n1)c(=O)n2C. The summed E-state index contributed by atoms with van der Waals surface area (Å²) < 4.78 is 4.42. The molecule has 1 atom stereocenters. The molecule has 0 aliphatic carbocycles. The van der Waals surface area contributed by atoms with Crippen molar-refractivity contribution < 1.29 is 4.79 Å². The molecule has 2 N–H and O–H groups in total. The van der Waals surface area contributed by atoms with Gasteiger partial charge < -0.3 is 20.1 Å². The van der Waals surface area contributed by atoms with E-state index < -0.39 is 11.2 Å². The first-order valence-electron chi connectivity index (χ1n) is 12.9. The highest BCUT2D eigenvalue weighted by atomic mass is 16.2. The van der Waals surface area contributed by atoms with Crippen LogP contribution in [0.3, 0.4) is 0 Å². The molecule has 11 nitrogen and oxygen atoms in total. The minimum Gasteiger partial charge on any atom is -0.356 e. The molecule has 200 valence electrons. The average molecular weight is 519 g/mol. The van der Waals surface area contributed by atoms with Crippen molar-refractivity contribution in [1.82, 2.24) is 28.6 Å². The van der Waals surface area contributed by atoms with Gasteiger partial charge in [0.05, 0.1) is 17.6 Å². The molecule has 4 heterocycles. The van der Waals surface area contributed by atoms with Gasteiger partial charge in [-0.2, -0.15) is 0 Å². The molecule has 3 aromatic heterocycles. The van der Waals surface area contributed by atoms with Crippen molar-refractivity contribution in [3.8, 4) is 0 Å². The Morgan fingerprint density at radius 1 is 1.13 bits per heavy atom. The molecule has 0 spiro atoms. The first-order chi connectivity index (χ1) is 18.1. The van der Waals surface area contributed by atoms with E-state index in [4.69, 9.17) is 5.73 Å². The molecule has 1 saturated heterocycles. The molecule has 0 radical (unpaired) electrons. The van der Waals surface area contributed by atoms with Crippen molar-refractivity contribution in [2.24, 2.45) is 12.8 Å². The van der Waals surface area contributed by atoms with Gasteiger partial charge >= 0.3 is 5.69 Å². The summed E-state index contributed by atoms with van der Waals surface area (Å²) >= 11 is 0. The van der Waals surface area contributed by atoms with Crippen LogP contribution in [-0.4, -0.2) is 67.7 Å². The molecule has 0 unspecified atom stereocenters. The number of aryl methyl sites for hydroxylation is 3. The number of carbonyl (C=O) groups excluding carboxylic acids is 1. The summed E-state index contributed by atoms with van der Waals surface area (Å²) in [6, 6.07) is 7.60. The molecule has 0 saturated carbocycles. The topological polar surface area (TPSA) is 124 Å². The maximum Gasteiger partial charge on any atom is 0.331 e. The van der Waals surface area contributed by atoms with Crippen molar-refractivity contribution in [2.45, 2.75) is 45.8 Å². The third-order valence-corrected chi connectivity index (χ3v) is 7.34. The standard InChI is InChI=1S/C27H34N8O3/c1-6-34-23-22(21(25(36)31(3)4)24(34)33-13-9-10-17(28)14-33)32(5)27(38)35(26(23)37)15-20-29-16(2)18-11-7-8-12-19(18)30-20/h7-8,11-12,17H,6,9-10,13-15,28H2,1-5H3/t17-/m1/s1. The molecular weight excluding hydrogens is 484 g/mol. The van der Waals surface area contributed by atoms with Gasteiger partial charge in [-0.25, -0.2) is 14.8 Å². The fraction of sp³-hybridized carbons (Fsp3) is 0.444. The van der Waals surface area contributed by atoms with Crippen molar-refractivity contribution in [1.29, 1.82) is 0 Å². The summed E-state index contributed by atoms with van der Waals surface area (Å²) in [5, 5.41) is 0.919. The van der Waals surface area contributed by atoms with Crippen LogP contribution in [0, 0.1) is 6.92 Å². The molecule has 4 aromatic rings. The first kappa shape index (κ1) is 25.7. The van der Waals surface area contributed by atoms with Gasteiger partial charge in [-0.05, 0) is 32.8 Å². The lowest BCUT2D eigenvalue weighted by Gasteiger charge is -2.34. The van der Waals surface area contributed by atoms with E-state index in [1.807, 2.05) is 42.7 Å². The number of fused-ring (bicyclic) bond motifs is 2. The quantitative estimate of drug-likeness (QED) is 0.424. The number of anilines is 1. The molecule has 5 rings (SSSR count). The smallest absolute Gasteiger partial charge is 0.331 e. The Hall–Kier alpha value is -3.99. The van der Waals surface area contributed by atoms with Gasteiger partial charge in [-0.1, -0.05) is 18.2 Å². The maximum atomic E-state index is 14.0. The van der Waals surface area contributed by atoms with Crippen LogP contribution >= 0.6 is 0 Å². The van der Waals surface area contributed by atoms with Crippen LogP contribution in [0.25, 0.3) is 21.9 Å². The van der Waals surface area contributed by atoms with Gasteiger partial charge in [0.1, 0.15) is 22.7 Å². The minimum atomic E-state index is -0.528. The average Bonchev–Trinajstić information content (AvgIpc) is 3.25. The van der Waals surface area contributed by atoms with E-state index in [0.29, 0.717) is 47.9 Å². The fourth-order valence-corrected chi connectivity index (χ4v) is 5.53. The number of hydrogen-bond donors (Lipinski definition) is 1. The van der Waals surface area contributed by atoms with Gasteiger partial charge in [0.2, 0.25) is 0 Å². The normalized spacial score (nSPS) is 15.9. The zero-order chi connectivity index (χ0) is 27.3. The van der Waals surface area contributed by atoms with E-state index in [9.17, 15) is 14.4 Å². The lowest BCUT2D eigenvalue weighted by atomic mass is 10.1. The predicted molar refractivity (Wildman–Crippen MR) is 148 cm³/mol. The minimum absolute atomic E-state index is 0.0388. The number of amides is 1. The van der Waals surface area contributed by atoms with Crippen molar-refractivity contribution in [3.63, 3.8) is 0 Å². The van der Waals surface area contributed by atoms with Gasteiger partial charge in [0.15, 0.2) is 0 Å². The van der Waals surface area contributed by atoms with E-state index in [1.165, 1.54) is 9.47 Å². The number of nitrogens with zero attached hydrogens (tertiary/aromatic N) is 7. The third kappa shape index (κ3) is 4.07. The molecule has 0 bridgehead atoms. The Morgan fingerprint density at radius 2 is 1.87 bits per heavy atom. The Labute approximate surface area is 220 Å². The number of carbonyl (C=O) groups is 1. The molecule has 1 aliphatic rings. The molecule has 38 heavy (non-hydrogen) atoms. The number of aromatic nitrogens is 5. The lowest BCUT2D eigenvalue weighted by molar-refractivity contribution is 0.0829.